The minimum absolute atomic E-state index is 0.0572. The SMILES string of the molecule is COC(=O)N1CCC(N2CC3C(CNC(=O)c4cc(C)c(N)c5c4OCC5)C3C2)CC1. The minimum atomic E-state index is -0.217. The summed E-state index contributed by atoms with van der Waals surface area (Å²) in [6.45, 7) is 7.01. The number of hydrogen-bond donors (Lipinski definition) is 2. The van der Waals surface area contributed by atoms with Gasteiger partial charge in [-0.2, -0.15) is 0 Å². The van der Waals surface area contributed by atoms with Crippen LogP contribution in [0.15, 0.2) is 6.07 Å². The number of aryl methyl sites for hydroxylation is 1. The van der Waals surface area contributed by atoms with Crippen LogP contribution in [0, 0.1) is 24.7 Å². The molecule has 1 aliphatic carbocycles. The number of likely N-dealkylation sites (tertiary alicyclic amines) is 2. The molecule has 5 rings (SSSR count). The Kier molecular flexibility index (Phi) is 5.20. The fourth-order valence-corrected chi connectivity index (χ4v) is 5.85. The van der Waals surface area contributed by atoms with Crippen LogP contribution in [0.25, 0.3) is 0 Å². The van der Waals surface area contributed by atoms with E-state index in [-0.39, 0.29) is 12.0 Å². The van der Waals surface area contributed by atoms with Gasteiger partial charge in [0.05, 0.1) is 19.3 Å². The number of carbonyl (C=O) groups excluding carboxylic acids is 2. The molecule has 0 bridgehead atoms. The molecule has 2 unspecified atom stereocenters. The summed E-state index contributed by atoms with van der Waals surface area (Å²) in [4.78, 5) is 28.9. The molecule has 4 aliphatic rings. The van der Waals surface area contributed by atoms with E-state index in [9.17, 15) is 9.59 Å². The van der Waals surface area contributed by atoms with Gasteiger partial charge in [0.2, 0.25) is 0 Å². The standard InChI is InChI=1S/C23H32N4O4/c1-13-9-16(21-15(20(13)24)5-8-31-21)22(28)25-10-17-18-11-27(12-19(17)18)14-3-6-26(7-4-14)23(29)30-2/h9,14,17-19H,3-8,10-12,24H2,1-2H3,(H,25,28). The number of amides is 2. The Hall–Kier alpha value is -2.48. The molecule has 3 heterocycles. The van der Waals surface area contributed by atoms with Gasteiger partial charge >= 0.3 is 6.09 Å². The molecule has 3 aliphatic heterocycles. The van der Waals surface area contributed by atoms with E-state index >= 15 is 0 Å². The van der Waals surface area contributed by atoms with E-state index in [0.717, 1.165) is 68.8 Å². The van der Waals surface area contributed by atoms with Crippen molar-refractivity contribution in [2.75, 3.05) is 52.2 Å². The summed E-state index contributed by atoms with van der Waals surface area (Å²) in [5.74, 6) is 2.53. The molecular weight excluding hydrogens is 396 g/mol. The highest BCUT2D eigenvalue weighted by atomic mass is 16.5. The van der Waals surface area contributed by atoms with Crippen LogP contribution >= 0.6 is 0 Å². The molecule has 3 N–H and O–H groups in total. The Bertz CT molecular complexity index is 884. The van der Waals surface area contributed by atoms with E-state index in [1.54, 1.807) is 4.90 Å². The molecule has 0 radical (unpaired) electrons. The molecule has 0 spiro atoms. The van der Waals surface area contributed by atoms with Crippen molar-refractivity contribution in [3.63, 3.8) is 0 Å². The third kappa shape index (κ3) is 3.60. The Morgan fingerprint density at radius 3 is 2.65 bits per heavy atom. The van der Waals surface area contributed by atoms with E-state index in [2.05, 4.69) is 10.2 Å². The number of nitrogens with two attached hydrogens (primary N) is 1. The van der Waals surface area contributed by atoms with Gasteiger partial charge in [-0.15, -0.1) is 0 Å². The molecule has 3 fully saturated rings. The number of fused-ring (bicyclic) bond motifs is 2. The van der Waals surface area contributed by atoms with Gasteiger partial charge in [-0.3, -0.25) is 9.69 Å². The van der Waals surface area contributed by atoms with Crippen molar-refractivity contribution < 1.29 is 19.1 Å². The summed E-state index contributed by atoms with van der Waals surface area (Å²) in [5.41, 5.74) is 9.43. The summed E-state index contributed by atoms with van der Waals surface area (Å²) >= 11 is 0. The third-order valence-electron chi connectivity index (χ3n) is 7.78. The maximum absolute atomic E-state index is 12.9. The highest BCUT2D eigenvalue weighted by molar-refractivity contribution is 5.98. The molecule has 1 saturated carbocycles. The second-order valence-electron chi connectivity index (χ2n) is 9.40. The molecule has 2 amide bonds. The zero-order valence-corrected chi connectivity index (χ0v) is 18.4. The van der Waals surface area contributed by atoms with Gasteiger partial charge < -0.3 is 25.4 Å². The van der Waals surface area contributed by atoms with Crippen molar-refractivity contribution in [3.05, 3.63) is 22.8 Å². The molecule has 2 saturated heterocycles. The summed E-state index contributed by atoms with van der Waals surface area (Å²) in [6.07, 6.45) is 2.57. The predicted octanol–water partition coefficient (Wildman–Crippen LogP) is 1.65. The Balaban J connectivity index is 1.11. The van der Waals surface area contributed by atoms with Gasteiger partial charge in [0.15, 0.2) is 0 Å². The van der Waals surface area contributed by atoms with Crippen molar-refractivity contribution in [2.45, 2.75) is 32.2 Å². The first kappa shape index (κ1) is 20.4. The second-order valence-corrected chi connectivity index (χ2v) is 9.40. The van der Waals surface area contributed by atoms with Crippen molar-refractivity contribution in [2.24, 2.45) is 17.8 Å². The normalized spacial score (nSPS) is 27.4. The lowest BCUT2D eigenvalue weighted by Crippen LogP contribution is -2.47. The monoisotopic (exact) mass is 428 g/mol. The highest BCUT2D eigenvalue weighted by Crippen LogP contribution is 2.52. The lowest BCUT2D eigenvalue weighted by molar-refractivity contribution is 0.0854. The Labute approximate surface area is 183 Å². The van der Waals surface area contributed by atoms with Crippen LogP contribution in [-0.4, -0.2) is 74.3 Å². The molecular formula is C23H32N4O4. The molecule has 0 aromatic heterocycles. The molecule has 31 heavy (non-hydrogen) atoms. The maximum Gasteiger partial charge on any atom is 0.409 e. The number of piperidine rings is 2. The topological polar surface area (TPSA) is 97.1 Å². The number of carbonyl (C=O) groups is 2. The number of methoxy groups -OCH3 is 1. The first-order chi connectivity index (χ1) is 15.0. The molecule has 8 heteroatoms. The fourth-order valence-electron chi connectivity index (χ4n) is 5.85. The zero-order chi connectivity index (χ0) is 21.7. The minimum Gasteiger partial charge on any atom is -0.492 e. The van der Waals surface area contributed by atoms with Crippen molar-refractivity contribution in [1.29, 1.82) is 0 Å². The number of anilines is 1. The van der Waals surface area contributed by atoms with E-state index < -0.39 is 0 Å². The number of ether oxygens (including phenoxy) is 2. The van der Waals surface area contributed by atoms with E-state index in [0.29, 0.717) is 41.7 Å². The Morgan fingerprint density at radius 2 is 1.97 bits per heavy atom. The van der Waals surface area contributed by atoms with E-state index in [1.807, 2.05) is 13.0 Å². The first-order valence-corrected chi connectivity index (χ1v) is 11.4. The summed E-state index contributed by atoms with van der Waals surface area (Å²) in [7, 11) is 1.44. The lowest BCUT2D eigenvalue weighted by atomic mass is 10.0. The van der Waals surface area contributed by atoms with E-state index in [1.165, 1.54) is 7.11 Å². The average Bonchev–Trinajstić information content (AvgIpc) is 3.16. The smallest absolute Gasteiger partial charge is 0.409 e. The fraction of sp³-hybridized carbons (Fsp3) is 0.652. The van der Waals surface area contributed by atoms with Crippen LogP contribution in [0.5, 0.6) is 5.75 Å². The van der Waals surface area contributed by atoms with Crippen LogP contribution in [0.1, 0.15) is 34.3 Å². The van der Waals surface area contributed by atoms with Crippen LogP contribution in [0.4, 0.5) is 10.5 Å². The van der Waals surface area contributed by atoms with Crippen LogP contribution in [-0.2, 0) is 11.2 Å². The molecule has 2 atom stereocenters. The Morgan fingerprint density at radius 1 is 1.26 bits per heavy atom. The van der Waals surface area contributed by atoms with Gasteiger partial charge in [-0.1, -0.05) is 0 Å². The highest BCUT2D eigenvalue weighted by Gasteiger charge is 2.56. The first-order valence-electron chi connectivity index (χ1n) is 11.4. The molecule has 8 nitrogen and oxygen atoms in total. The maximum atomic E-state index is 12.9. The number of nitrogens with zero attached hydrogens (tertiary/aromatic N) is 2. The van der Waals surface area contributed by atoms with Gasteiger partial charge in [-0.25, -0.2) is 4.79 Å². The van der Waals surface area contributed by atoms with Gasteiger partial charge in [0, 0.05) is 56.4 Å². The van der Waals surface area contributed by atoms with Crippen molar-refractivity contribution >= 4 is 17.7 Å². The second kappa shape index (κ2) is 7.89. The largest absolute Gasteiger partial charge is 0.492 e. The number of hydrogen-bond acceptors (Lipinski definition) is 6. The number of rotatable bonds is 4. The van der Waals surface area contributed by atoms with Crippen molar-refractivity contribution in [3.8, 4) is 5.75 Å². The molecule has 1 aromatic rings. The van der Waals surface area contributed by atoms with Gasteiger partial charge in [0.25, 0.3) is 5.91 Å². The van der Waals surface area contributed by atoms with Gasteiger partial charge in [-0.05, 0) is 49.1 Å². The van der Waals surface area contributed by atoms with Crippen LogP contribution < -0.4 is 15.8 Å². The lowest BCUT2D eigenvalue weighted by Gasteiger charge is -2.37. The number of benzene rings is 1. The summed E-state index contributed by atoms with van der Waals surface area (Å²) < 4.78 is 10.5. The van der Waals surface area contributed by atoms with Crippen LogP contribution in [0.2, 0.25) is 0 Å². The number of nitrogen functional groups attached to an aromatic ring is 1. The van der Waals surface area contributed by atoms with Crippen molar-refractivity contribution in [1.82, 2.24) is 15.1 Å². The number of nitrogens with one attached hydrogen (secondary N) is 1. The summed E-state index contributed by atoms with van der Waals surface area (Å²) in [6, 6.07) is 2.41. The molecule has 1 aromatic carbocycles. The zero-order valence-electron chi connectivity index (χ0n) is 18.4. The van der Waals surface area contributed by atoms with Crippen LogP contribution in [0.3, 0.4) is 0 Å². The molecule has 168 valence electrons. The quantitative estimate of drug-likeness (QED) is 0.708. The van der Waals surface area contributed by atoms with Gasteiger partial charge in [0.1, 0.15) is 5.75 Å². The van der Waals surface area contributed by atoms with E-state index in [4.69, 9.17) is 15.2 Å². The predicted molar refractivity (Wildman–Crippen MR) is 116 cm³/mol. The third-order valence-corrected chi connectivity index (χ3v) is 7.78. The summed E-state index contributed by atoms with van der Waals surface area (Å²) in [5, 5.41) is 3.15. The average molecular weight is 429 g/mol.